The SMILES string of the molecule is Nc1cc(CO)c(O)c(C(F)F)n1. The molecule has 1 aromatic heterocycles. The molecule has 1 heterocycles. The molecule has 0 aliphatic heterocycles. The van der Waals surface area contributed by atoms with Crippen LogP contribution in [0.2, 0.25) is 0 Å². The molecule has 72 valence electrons. The van der Waals surface area contributed by atoms with Crippen LogP contribution in [0.3, 0.4) is 0 Å². The van der Waals surface area contributed by atoms with Gasteiger partial charge in [0.25, 0.3) is 6.43 Å². The number of aromatic nitrogens is 1. The first-order valence-electron chi connectivity index (χ1n) is 3.43. The van der Waals surface area contributed by atoms with Crippen molar-refractivity contribution in [3.63, 3.8) is 0 Å². The predicted octanol–water partition coefficient (Wildman–Crippen LogP) is 0.799. The van der Waals surface area contributed by atoms with E-state index in [9.17, 15) is 8.78 Å². The molecule has 0 aromatic carbocycles. The molecule has 0 atom stereocenters. The first-order valence-corrected chi connectivity index (χ1v) is 3.43. The minimum absolute atomic E-state index is 0.0530. The van der Waals surface area contributed by atoms with E-state index in [1.165, 1.54) is 0 Å². The molecule has 13 heavy (non-hydrogen) atoms. The minimum atomic E-state index is -2.91. The Balaban J connectivity index is 3.27. The van der Waals surface area contributed by atoms with Crippen molar-refractivity contribution in [2.75, 3.05) is 5.73 Å². The lowest BCUT2D eigenvalue weighted by molar-refractivity contribution is 0.141. The normalized spacial score (nSPS) is 10.8. The lowest BCUT2D eigenvalue weighted by Crippen LogP contribution is -2.00. The molecule has 0 saturated heterocycles. The molecule has 0 spiro atoms. The third-order valence-electron chi connectivity index (χ3n) is 1.50. The number of halogens is 2. The number of pyridine rings is 1. The molecule has 0 radical (unpaired) electrons. The third kappa shape index (κ3) is 1.83. The van der Waals surface area contributed by atoms with E-state index >= 15 is 0 Å². The van der Waals surface area contributed by atoms with E-state index in [0.29, 0.717) is 0 Å². The smallest absolute Gasteiger partial charge is 0.284 e. The van der Waals surface area contributed by atoms with Crippen molar-refractivity contribution < 1.29 is 19.0 Å². The average Bonchev–Trinajstić information content (AvgIpc) is 2.08. The Morgan fingerprint density at radius 1 is 1.54 bits per heavy atom. The summed E-state index contributed by atoms with van der Waals surface area (Å²) in [4.78, 5) is 3.25. The number of nitrogen functional groups attached to an aromatic ring is 1. The van der Waals surface area contributed by atoms with E-state index in [2.05, 4.69) is 4.98 Å². The van der Waals surface area contributed by atoms with Gasteiger partial charge in [-0.3, -0.25) is 0 Å². The summed E-state index contributed by atoms with van der Waals surface area (Å²) in [6, 6.07) is 1.14. The summed E-state index contributed by atoms with van der Waals surface area (Å²) in [6.45, 7) is -0.557. The van der Waals surface area contributed by atoms with Gasteiger partial charge < -0.3 is 15.9 Å². The lowest BCUT2D eigenvalue weighted by atomic mass is 10.2. The number of hydrogen-bond acceptors (Lipinski definition) is 4. The molecular formula is C7H8F2N2O2. The summed E-state index contributed by atoms with van der Waals surface area (Å²) >= 11 is 0. The molecular weight excluding hydrogens is 182 g/mol. The average molecular weight is 190 g/mol. The Hall–Kier alpha value is -1.43. The van der Waals surface area contributed by atoms with Crippen LogP contribution in [0.1, 0.15) is 17.7 Å². The topological polar surface area (TPSA) is 79.4 Å². The second-order valence-electron chi connectivity index (χ2n) is 2.40. The summed E-state index contributed by atoms with van der Waals surface area (Å²) in [5.41, 5.74) is 4.32. The maximum atomic E-state index is 12.2. The first-order chi connectivity index (χ1) is 6.06. The Morgan fingerprint density at radius 2 is 2.15 bits per heavy atom. The molecule has 0 aliphatic rings. The maximum Gasteiger partial charge on any atom is 0.284 e. The number of rotatable bonds is 2. The lowest BCUT2D eigenvalue weighted by Gasteiger charge is -2.07. The van der Waals surface area contributed by atoms with Gasteiger partial charge in [-0.25, -0.2) is 13.8 Å². The second-order valence-corrected chi connectivity index (χ2v) is 2.40. The van der Waals surface area contributed by atoms with Crippen LogP contribution >= 0.6 is 0 Å². The van der Waals surface area contributed by atoms with Gasteiger partial charge in [-0.1, -0.05) is 0 Å². The molecule has 0 amide bonds. The highest BCUT2D eigenvalue weighted by Gasteiger charge is 2.18. The van der Waals surface area contributed by atoms with Gasteiger partial charge in [-0.2, -0.15) is 0 Å². The number of aromatic hydroxyl groups is 1. The van der Waals surface area contributed by atoms with Crippen molar-refractivity contribution in [2.24, 2.45) is 0 Å². The number of nitrogens with zero attached hydrogens (tertiary/aromatic N) is 1. The molecule has 1 rings (SSSR count). The zero-order valence-corrected chi connectivity index (χ0v) is 6.54. The first kappa shape index (κ1) is 9.66. The van der Waals surface area contributed by atoms with E-state index in [4.69, 9.17) is 15.9 Å². The number of anilines is 1. The summed E-state index contributed by atoms with van der Waals surface area (Å²) in [7, 11) is 0. The number of alkyl halides is 2. The van der Waals surface area contributed by atoms with Gasteiger partial charge in [0.2, 0.25) is 0 Å². The van der Waals surface area contributed by atoms with E-state index in [1.54, 1.807) is 0 Å². The summed E-state index contributed by atoms with van der Waals surface area (Å²) in [6.07, 6.45) is -2.91. The zero-order valence-electron chi connectivity index (χ0n) is 6.54. The zero-order chi connectivity index (χ0) is 10.0. The Morgan fingerprint density at radius 3 is 2.62 bits per heavy atom. The van der Waals surface area contributed by atoms with Crippen LogP contribution in [0.25, 0.3) is 0 Å². The Kier molecular flexibility index (Phi) is 2.62. The van der Waals surface area contributed by atoms with E-state index < -0.39 is 24.5 Å². The fourth-order valence-corrected chi connectivity index (χ4v) is 0.908. The monoisotopic (exact) mass is 190 g/mol. The summed E-state index contributed by atoms with van der Waals surface area (Å²) < 4.78 is 24.3. The van der Waals surface area contributed by atoms with Crippen molar-refractivity contribution in [3.05, 3.63) is 17.3 Å². The minimum Gasteiger partial charge on any atom is -0.505 e. The van der Waals surface area contributed by atoms with Crippen molar-refractivity contribution in [1.29, 1.82) is 0 Å². The highest BCUT2D eigenvalue weighted by Crippen LogP contribution is 2.30. The Bertz CT molecular complexity index is 318. The van der Waals surface area contributed by atoms with E-state index in [1.807, 2.05) is 0 Å². The molecule has 0 bridgehead atoms. The van der Waals surface area contributed by atoms with Crippen LogP contribution in [-0.2, 0) is 6.61 Å². The molecule has 1 aromatic rings. The van der Waals surface area contributed by atoms with Crippen molar-refractivity contribution >= 4 is 5.82 Å². The van der Waals surface area contributed by atoms with Gasteiger partial charge >= 0.3 is 0 Å². The number of hydrogen-bond donors (Lipinski definition) is 3. The molecule has 0 aliphatic carbocycles. The molecule has 0 saturated carbocycles. The van der Waals surface area contributed by atoms with Crippen LogP contribution in [0.5, 0.6) is 5.75 Å². The third-order valence-corrected chi connectivity index (χ3v) is 1.50. The molecule has 0 unspecified atom stereocenters. The Labute approximate surface area is 72.6 Å². The van der Waals surface area contributed by atoms with Crippen LogP contribution in [0.15, 0.2) is 6.07 Å². The predicted molar refractivity (Wildman–Crippen MR) is 41.2 cm³/mol. The van der Waals surface area contributed by atoms with Gasteiger partial charge in [0, 0.05) is 5.56 Å². The van der Waals surface area contributed by atoms with Gasteiger partial charge in [-0.15, -0.1) is 0 Å². The van der Waals surface area contributed by atoms with Crippen LogP contribution in [0, 0.1) is 0 Å². The van der Waals surface area contributed by atoms with Crippen molar-refractivity contribution in [1.82, 2.24) is 4.98 Å². The van der Waals surface area contributed by atoms with Crippen molar-refractivity contribution in [2.45, 2.75) is 13.0 Å². The number of aliphatic hydroxyl groups excluding tert-OH is 1. The van der Waals surface area contributed by atoms with Gasteiger partial charge in [-0.05, 0) is 6.07 Å². The number of nitrogens with two attached hydrogens (primary N) is 1. The maximum absolute atomic E-state index is 12.2. The summed E-state index contributed by atoms with van der Waals surface area (Å²) in [5.74, 6) is -0.858. The molecule has 6 heteroatoms. The van der Waals surface area contributed by atoms with E-state index in [-0.39, 0.29) is 11.4 Å². The van der Waals surface area contributed by atoms with Gasteiger partial charge in [0.1, 0.15) is 11.6 Å². The molecule has 4 N–H and O–H groups in total. The fraction of sp³-hybridized carbons (Fsp3) is 0.286. The van der Waals surface area contributed by atoms with Gasteiger partial charge in [0.15, 0.2) is 5.69 Å². The molecule has 4 nitrogen and oxygen atoms in total. The summed E-state index contributed by atoms with van der Waals surface area (Å²) in [5, 5.41) is 17.8. The van der Waals surface area contributed by atoms with Gasteiger partial charge in [0.05, 0.1) is 6.61 Å². The van der Waals surface area contributed by atoms with Crippen molar-refractivity contribution in [3.8, 4) is 5.75 Å². The van der Waals surface area contributed by atoms with Crippen LogP contribution in [-0.4, -0.2) is 15.2 Å². The molecule has 0 fully saturated rings. The highest BCUT2D eigenvalue weighted by atomic mass is 19.3. The number of aliphatic hydroxyl groups is 1. The largest absolute Gasteiger partial charge is 0.505 e. The van der Waals surface area contributed by atoms with Crippen LogP contribution in [0.4, 0.5) is 14.6 Å². The second kappa shape index (κ2) is 3.53. The fourth-order valence-electron chi connectivity index (χ4n) is 0.908. The standard InChI is InChI=1S/C7H8F2N2O2/c8-7(9)5-6(13)3(2-12)1-4(10)11-5/h1,7,12-13H,2H2,(H2,10,11). The highest BCUT2D eigenvalue weighted by molar-refractivity contribution is 5.45. The van der Waals surface area contributed by atoms with Crippen LogP contribution < -0.4 is 5.73 Å². The quantitative estimate of drug-likeness (QED) is 0.644. The van der Waals surface area contributed by atoms with E-state index in [0.717, 1.165) is 6.07 Å².